The fourth-order valence-electron chi connectivity index (χ4n) is 0.924. The zero-order valence-corrected chi connectivity index (χ0v) is 24.1. The Bertz CT molecular complexity index is 589. The SMILES string of the molecule is CC(C)[N+](C)(C)C.COC(=O)C(C)C.COP(=O)(OC)C(C)C.COS(=O)(=O)C(C)C. The number of rotatable bonds is 7. The van der Waals surface area contributed by atoms with Gasteiger partial charge in [-0.1, -0.05) is 27.7 Å². The highest BCUT2D eigenvalue weighted by Crippen LogP contribution is 2.50. The summed E-state index contributed by atoms with van der Waals surface area (Å²) in [5.41, 5.74) is -0.0625. The molecule has 0 unspecified atom stereocenters. The molecule has 0 rings (SSSR count). The Hall–Kier alpha value is -0.510. The van der Waals surface area contributed by atoms with E-state index in [1.54, 1.807) is 41.5 Å². The highest BCUT2D eigenvalue weighted by atomic mass is 32.2. The van der Waals surface area contributed by atoms with E-state index >= 15 is 0 Å². The molecule has 0 bridgehead atoms. The number of carbonyl (C=O) groups excluding carboxylic acids is 1. The van der Waals surface area contributed by atoms with Crippen molar-refractivity contribution >= 4 is 23.7 Å². The quantitative estimate of drug-likeness (QED) is 0.225. The first-order chi connectivity index (χ1) is 13.7. The number of carbonyl (C=O) groups is 1. The van der Waals surface area contributed by atoms with Crippen LogP contribution < -0.4 is 0 Å². The minimum absolute atomic E-state index is 0.00463. The van der Waals surface area contributed by atoms with Crippen LogP contribution in [0.3, 0.4) is 0 Å². The second kappa shape index (κ2) is 18.0. The van der Waals surface area contributed by atoms with Crippen LogP contribution in [0, 0.1) is 5.92 Å². The van der Waals surface area contributed by atoms with Crippen LogP contribution in [0.2, 0.25) is 0 Å². The molecule has 0 aromatic carbocycles. The fourth-order valence-corrected chi connectivity index (χ4v) is 2.30. The summed E-state index contributed by atoms with van der Waals surface area (Å²) in [5, 5.41) is -0.438. The molecule has 0 aromatic rings. The Morgan fingerprint density at radius 2 is 1.13 bits per heavy atom. The van der Waals surface area contributed by atoms with Gasteiger partial charge in [-0.2, -0.15) is 8.42 Å². The summed E-state index contributed by atoms with van der Waals surface area (Å²) in [6, 6.07) is 0.736. The van der Waals surface area contributed by atoms with Crippen LogP contribution in [0.5, 0.6) is 0 Å². The monoisotopic (exact) mass is 494 g/mol. The lowest BCUT2D eigenvalue weighted by Gasteiger charge is -2.28. The molecular weight excluding hydrogens is 445 g/mol. The smallest absolute Gasteiger partial charge is 0.332 e. The maximum absolute atomic E-state index is 11.2. The Morgan fingerprint density at radius 1 is 0.806 bits per heavy atom. The van der Waals surface area contributed by atoms with Crippen molar-refractivity contribution in [2.75, 3.05) is 49.6 Å². The van der Waals surface area contributed by atoms with E-state index in [0.717, 1.165) is 17.6 Å². The highest BCUT2D eigenvalue weighted by Gasteiger charge is 2.25. The third-order valence-corrected chi connectivity index (χ3v) is 8.08. The number of hydrogen-bond donors (Lipinski definition) is 0. The highest BCUT2D eigenvalue weighted by molar-refractivity contribution is 7.87. The van der Waals surface area contributed by atoms with Crippen molar-refractivity contribution in [2.24, 2.45) is 5.92 Å². The Balaban J connectivity index is -0.000000158. The number of hydrogen-bond acceptors (Lipinski definition) is 8. The van der Waals surface area contributed by atoms with Gasteiger partial charge >= 0.3 is 13.6 Å². The van der Waals surface area contributed by atoms with Gasteiger partial charge in [0.25, 0.3) is 10.1 Å². The molecule has 0 aliphatic heterocycles. The van der Waals surface area contributed by atoms with Crippen LogP contribution in [0.15, 0.2) is 0 Å². The van der Waals surface area contributed by atoms with Gasteiger partial charge in [0, 0.05) is 14.2 Å². The van der Waals surface area contributed by atoms with Crippen molar-refractivity contribution in [3.8, 4) is 0 Å². The predicted molar refractivity (Wildman–Crippen MR) is 128 cm³/mol. The van der Waals surface area contributed by atoms with Crippen LogP contribution >= 0.6 is 7.60 Å². The summed E-state index contributed by atoms with van der Waals surface area (Å²) in [4.78, 5) is 10.3. The van der Waals surface area contributed by atoms with Gasteiger partial charge in [0.05, 0.1) is 58.2 Å². The second-order valence-corrected chi connectivity index (χ2v) is 13.7. The molecule has 0 radical (unpaired) electrons. The van der Waals surface area contributed by atoms with Crippen LogP contribution in [-0.4, -0.2) is 85.4 Å². The number of ether oxygens (including phenoxy) is 1. The molecule has 0 spiro atoms. The van der Waals surface area contributed by atoms with E-state index in [0.29, 0.717) is 0 Å². The van der Waals surface area contributed by atoms with E-state index in [9.17, 15) is 17.8 Å². The Labute approximate surface area is 192 Å². The topological polar surface area (TPSA) is 105 Å². The van der Waals surface area contributed by atoms with Crippen LogP contribution in [-0.2, 0) is 37.4 Å². The Kier molecular flexibility index (Phi) is 21.9. The third-order valence-electron chi connectivity index (χ3n) is 4.17. The van der Waals surface area contributed by atoms with Gasteiger partial charge in [-0.25, -0.2) is 0 Å². The number of esters is 1. The zero-order valence-electron chi connectivity index (χ0n) is 22.4. The first-order valence-electron chi connectivity index (χ1n) is 10.1. The van der Waals surface area contributed by atoms with E-state index in [2.05, 4.69) is 53.0 Å². The lowest BCUT2D eigenvalue weighted by molar-refractivity contribution is -0.891. The maximum atomic E-state index is 11.2. The lowest BCUT2D eigenvalue weighted by atomic mass is 10.2. The molecule has 0 aliphatic carbocycles. The molecule has 0 amide bonds. The molecule has 0 heterocycles. The van der Waals surface area contributed by atoms with Crippen LogP contribution in [0.4, 0.5) is 0 Å². The van der Waals surface area contributed by atoms with Gasteiger partial charge in [0.15, 0.2) is 0 Å². The predicted octanol–water partition coefficient (Wildman–Crippen LogP) is 4.17. The normalized spacial score (nSPS) is 11.8. The van der Waals surface area contributed by atoms with Gasteiger partial charge in [-0.05, 0) is 27.7 Å². The van der Waals surface area contributed by atoms with Crippen molar-refractivity contribution in [3.63, 3.8) is 0 Å². The standard InChI is InChI=1S/C6H16N.C5H13O3P.C5H10O2.C4H10O3S/c1-6(2)7(3,4)5;1-5(2)9(6,7-3)8-4;1-4(2)5(6)7-3;1-4(2)8(5,6)7-3/h6H,1-5H3;5H,1-4H3;4H,1-3H3;4H,1-3H3/q+1;;;. The maximum Gasteiger partial charge on any atom is 0.332 e. The summed E-state index contributed by atoms with van der Waals surface area (Å²) in [7, 11) is 5.95. The van der Waals surface area contributed by atoms with E-state index < -0.39 is 23.0 Å². The molecular formula is C20H49NO8PS+. The van der Waals surface area contributed by atoms with Gasteiger partial charge in [0.1, 0.15) is 0 Å². The molecule has 0 aliphatic rings. The third kappa shape index (κ3) is 21.1. The molecule has 0 saturated carbocycles. The second-order valence-electron chi connectivity index (χ2n) is 8.59. The minimum Gasteiger partial charge on any atom is -0.469 e. The summed E-state index contributed by atoms with van der Waals surface area (Å²) in [5.74, 6) is -0.148. The van der Waals surface area contributed by atoms with Gasteiger partial charge in [-0.3, -0.25) is 13.5 Å². The summed E-state index contributed by atoms with van der Waals surface area (Å²) in [6.07, 6.45) is 0. The summed E-state index contributed by atoms with van der Waals surface area (Å²) < 4.78 is 51.1. The van der Waals surface area contributed by atoms with Crippen molar-refractivity contribution < 1.29 is 40.2 Å². The molecule has 0 atom stereocenters. The minimum atomic E-state index is -3.24. The number of quaternary nitrogens is 1. The molecule has 11 heteroatoms. The van der Waals surface area contributed by atoms with Gasteiger partial charge < -0.3 is 18.3 Å². The van der Waals surface area contributed by atoms with Gasteiger partial charge in [-0.15, -0.1) is 0 Å². The van der Waals surface area contributed by atoms with E-state index in [1.807, 2.05) is 0 Å². The molecule has 0 N–H and O–H groups in total. The van der Waals surface area contributed by atoms with Crippen molar-refractivity contribution in [1.82, 2.24) is 0 Å². The van der Waals surface area contributed by atoms with Crippen molar-refractivity contribution in [3.05, 3.63) is 0 Å². The summed E-state index contributed by atoms with van der Waals surface area (Å²) in [6.45, 7) is 14.8. The average molecular weight is 495 g/mol. The van der Waals surface area contributed by atoms with E-state index in [-0.39, 0.29) is 17.5 Å². The molecule has 0 aromatic heterocycles. The van der Waals surface area contributed by atoms with E-state index in [1.165, 1.54) is 21.3 Å². The van der Waals surface area contributed by atoms with Crippen molar-refractivity contribution in [1.29, 1.82) is 0 Å². The summed E-state index contributed by atoms with van der Waals surface area (Å²) >= 11 is 0. The molecule has 31 heavy (non-hydrogen) atoms. The Morgan fingerprint density at radius 3 is 1.13 bits per heavy atom. The average Bonchev–Trinajstić information content (AvgIpc) is 2.66. The number of nitrogens with zero attached hydrogens (tertiary/aromatic N) is 1. The molecule has 0 fully saturated rings. The molecule has 9 nitrogen and oxygen atoms in total. The molecule has 192 valence electrons. The van der Waals surface area contributed by atoms with Crippen LogP contribution in [0.25, 0.3) is 0 Å². The van der Waals surface area contributed by atoms with Crippen molar-refractivity contribution in [2.45, 2.75) is 72.3 Å². The zero-order chi connectivity index (χ0) is 26.2. The van der Waals surface area contributed by atoms with E-state index in [4.69, 9.17) is 0 Å². The first-order valence-corrected chi connectivity index (χ1v) is 13.2. The fraction of sp³-hybridized carbons (Fsp3) is 0.950. The first kappa shape index (κ1) is 37.8. The van der Waals surface area contributed by atoms with Crippen LogP contribution in [0.1, 0.15) is 55.4 Å². The number of methoxy groups -OCH3 is 1. The molecule has 0 saturated heterocycles. The van der Waals surface area contributed by atoms with Gasteiger partial charge in [0.2, 0.25) is 0 Å². The lowest BCUT2D eigenvalue weighted by Crippen LogP contribution is -2.41. The largest absolute Gasteiger partial charge is 0.469 e.